The minimum atomic E-state index is 0. The molecule has 0 N–H and O–H groups in total. The molecule has 0 saturated heterocycles. The van der Waals surface area contributed by atoms with Crippen molar-refractivity contribution in [3.05, 3.63) is 0 Å². The van der Waals surface area contributed by atoms with Crippen molar-refractivity contribution in [2.45, 2.75) is 0 Å². The fraction of sp³-hybridized carbons (Fsp3) is 0. The van der Waals surface area contributed by atoms with Crippen LogP contribution in [0, 0.1) is 0 Å². The molecule has 4 heavy (non-hydrogen) atoms. The van der Waals surface area contributed by atoms with Gasteiger partial charge in [0.15, 0.2) is 0 Å². The van der Waals surface area contributed by atoms with Crippen LogP contribution in [0.2, 0.25) is 0 Å². The zero-order valence-corrected chi connectivity index (χ0v) is 7.90. The van der Waals surface area contributed by atoms with Crippen molar-refractivity contribution in [3.63, 3.8) is 0 Å². The predicted octanol–water partition coefficient (Wildman–Crippen LogP) is -1.46. The maximum absolute atomic E-state index is 0. The van der Waals surface area contributed by atoms with Crippen molar-refractivity contribution in [3.8, 4) is 0 Å². The molecule has 4 heteroatoms. The molecule has 0 aromatic carbocycles. The summed E-state index contributed by atoms with van der Waals surface area (Å²) in [5, 5.41) is 0. The molecule has 0 amide bonds. The van der Waals surface area contributed by atoms with Crippen LogP contribution >= 0.6 is 0 Å². The SMILES string of the molecule is [SH-].[SH-].[SH-].[SnH+3]. The number of hydrogen-bond donors (Lipinski definition) is 0. The first-order valence-corrected chi connectivity index (χ1v) is 0. The Morgan fingerprint density at radius 3 is 0.500 bits per heavy atom. The molecule has 0 fully saturated rings. The van der Waals surface area contributed by atoms with E-state index >= 15 is 0 Å². The van der Waals surface area contributed by atoms with Gasteiger partial charge >= 0.3 is 23.9 Å². The van der Waals surface area contributed by atoms with Crippen molar-refractivity contribution in [2.24, 2.45) is 0 Å². The van der Waals surface area contributed by atoms with Crippen LogP contribution in [0.3, 0.4) is 0 Å². The fourth-order valence-corrected chi connectivity index (χ4v) is 0. The van der Waals surface area contributed by atoms with Gasteiger partial charge in [0, 0.05) is 0 Å². The molecular weight excluding hydrogens is 215 g/mol. The fourth-order valence-electron chi connectivity index (χ4n) is 0. The Kier molecular flexibility index (Phi) is 211. The van der Waals surface area contributed by atoms with Gasteiger partial charge in [-0.3, -0.25) is 0 Å². The van der Waals surface area contributed by atoms with Crippen LogP contribution in [0.4, 0.5) is 0 Å². The zero-order chi connectivity index (χ0) is 0. The van der Waals surface area contributed by atoms with Gasteiger partial charge in [0.1, 0.15) is 0 Å². The molecule has 0 radical (unpaired) electrons. The Morgan fingerprint density at radius 2 is 0.500 bits per heavy atom. The van der Waals surface area contributed by atoms with E-state index in [4.69, 9.17) is 0 Å². The first kappa shape index (κ1) is 40.2. The first-order valence-electron chi connectivity index (χ1n) is 0. The van der Waals surface area contributed by atoms with Gasteiger partial charge in [0.05, 0.1) is 0 Å². The van der Waals surface area contributed by atoms with Crippen molar-refractivity contribution in [1.82, 2.24) is 0 Å². The van der Waals surface area contributed by atoms with Gasteiger partial charge in [0.2, 0.25) is 0 Å². The molecule has 0 nitrogen and oxygen atoms in total. The van der Waals surface area contributed by atoms with Crippen molar-refractivity contribution in [2.75, 3.05) is 0 Å². The summed E-state index contributed by atoms with van der Waals surface area (Å²) in [5.41, 5.74) is 0. The van der Waals surface area contributed by atoms with Crippen molar-refractivity contribution < 1.29 is 0 Å². The molecule has 26 valence electrons. The Morgan fingerprint density at radius 1 is 0.500 bits per heavy atom. The van der Waals surface area contributed by atoms with Gasteiger partial charge in [-0.05, 0) is 0 Å². The number of thiol groups is 3. The molecule has 0 heterocycles. The normalized spacial score (nSPS) is 0. The standard InChI is InChI=1S/3H2S.Sn.H/h3*1H2;;/q;;;+3;/p-3. The Labute approximate surface area is 64.0 Å². The van der Waals surface area contributed by atoms with E-state index in [-0.39, 0.29) is 64.4 Å². The minimum absolute atomic E-state index is 0. The van der Waals surface area contributed by atoms with Crippen molar-refractivity contribution in [1.29, 1.82) is 0 Å². The van der Waals surface area contributed by atoms with E-state index in [0.717, 1.165) is 0 Å². The van der Waals surface area contributed by atoms with Crippen LogP contribution in [-0.4, -0.2) is 23.9 Å². The van der Waals surface area contributed by atoms with E-state index in [1.165, 1.54) is 0 Å². The third-order valence-electron chi connectivity index (χ3n) is 0. The monoisotopic (exact) mass is 220 g/mol. The second-order valence-corrected chi connectivity index (χ2v) is 0. The van der Waals surface area contributed by atoms with E-state index in [9.17, 15) is 0 Å². The Bertz CT molecular complexity index is 3.25. The molecule has 0 saturated carbocycles. The topological polar surface area (TPSA) is 0 Å². The van der Waals surface area contributed by atoms with E-state index in [0.29, 0.717) is 0 Å². The molecule has 0 aromatic heterocycles. The van der Waals surface area contributed by atoms with Crippen LogP contribution in [0.5, 0.6) is 0 Å². The molecule has 0 aliphatic heterocycles. The third kappa shape index (κ3) is 9.14. The summed E-state index contributed by atoms with van der Waals surface area (Å²) in [6.45, 7) is 0. The van der Waals surface area contributed by atoms with E-state index in [1.807, 2.05) is 0 Å². The van der Waals surface area contributed by atoms with Gasteiger partial charge < -0.3 is 40.5 Å². The first-order chi connectivity index (χ1) is 0. The van der Waals surface area contributed by atoms with Gasteiger partial charge in [-0.25, -0.2) is 0 Å². The van der Waals surface area contributed by atoms with Gasteiger partial charge in [-0.15, -0.1) is 0 Å². The summed E-state index contributed by atoms with van der Waals surface area (Å²) >= 11 is 0. The van der Waals surface area contributed by atoms with Crippen molar-refractivity contribution >= 4 is 64.4 Å². The summed E-state index contributed by atoms with van der Waals surface area (Å²) < 4.78 is 0. The molecule has 0 aromatic rings. The van der Waals surface area contributed by atoms with Crippen LogP contribution in [0.1, 0.15) is 0 Å². The van der Waals surface area contributed by atoms with E-state index in [1.54, 1.807) is 0 Å². The molecule has 0 atom stereocenters. The number of rotatable bonds is 0. The third-order valence-corrected chi connectivity index (χ3v) is 0. The van der Waals surface area contributed by atoms with Crippen LogP contribution in [0.15, 0.2) is 0 Å². The molecule has 0 aliphatic carbocycles. The molecule has 0 aliphatic rings. The van der Waals surface area contributed by atoms with Crippen LogP contribution < -0.4 is 0 Å². The molecule has 0 unspecified atom stereocenters. The maximum atomic E-state index is 0. The molecular formula is H4S3Sn. The molecule has 0 bridgehead atoms. The Balaban J connectivity index is 0. The second-order valence-electron chi connectivity index (χ2n) is 0. The quantitative estimate of drug-likeness (QED) is 0.277. The average Bonchev–Trinajstić information content (AvgIpc) is 0. The molecule has 0 spiro atoms. The Hall–Kier alpha value is 1.85. The summed E-state index contributed by atoms with van der Waals surface area (Å²) in [6.07, 6.45) is 0. The second kappa shape index (κ2) is 21.0. The van der Waals surface area contributed by atoms with E-state index < -0.39 is 0 Å². The zero-order valence-electron chi connectivity index (χ0n) is 1.92. The van der Waals surface area contributed by atoms with Crippen LogP contribution in [0.25, 0.3) is 0 Å². The van der Waals surface area contributed by atoms with E-state index in [2.05, 4.69) is 0 Å². The predicted molar refractivity (Wildman–Crippen MR) is 33.4 cm³/mol. The summed E-state index contributed by atoms with van der Waals surface area (Å²) in [5.74, 6) is 0. The van der Waals surface area contributed by atoms with Crippen LogP contribution in [-0.2, 0) is 40.5 Å². The summed E-state index contributed by atoms with van der Waals surface area (Å²) in [7, 11) is 0. The molecule has 0 rings (SSSR count). The van der Waals surface area contributed by atoms with Gasteiger partial charge in [-0.1, -0.05) is 0 Å². The number of hydrogen-bond acceptors (Lipinski definition) is 3. The van der Waals surface area contributed by atoms with Gasteiger partial charge in [0.25, 0.3) is 0 Å². The summed E-state index contributed by atoms with van der Waals surface area (Å²) in [6, 6.07) is 0. The average molecular weight is 219 g/mol. The summed E-state index contributed by atoms with van der Waals surface area (Å²) in [4.78, 5) is 0. The van der Waals surface area contributed by atoms with Gasteiger partial charge in [-0.2, -0.15) is 0 Å².